The van der Waals surface area contributed by atoms with Crippen LogP contribution >= 0.6 is 0 Å². The van der Waals surface area contributed by atoms with Crippen molar-refractivity contribution in [3.63, 3.8) is 0 Å². The third-order valence-electron chi connectivity index (χ3n) is 7.61. The van der Waals surface area contributed by atoms with Gasteiger partial charge < -0.3 is 24.0 Å². The van der Waals surface area contributed by atoms with Gasteiger partial charge >= 0.3 is 12.2 Å². The van der Waals surface area contributed by atoms with Crippen molar-refractivity contribution in [2.45, 2.75) is 52.0 Å². The molecule has 1 unspecified atom stereocenters. The number of hydrogen-bond acceptors (Lipinski definition) is 6. The van der Waals surface area contributed by atoms with Crippen LogP contribution in [0.1, 0.15) is 49.1 Å². The van der Waals surface area contributed by atoms with E-state index in [2.05, 4.69) is 23.1 Å². The van der Waals surface area contributed by atoms with E-state index in [1.54, 1.807) is 9.80 Å². The average Bonchev–Trinajstić information content (AvgIpc) is 3.00. The van der Waals surface area contributed by atoms with Crippen LogP contribution in [-0.4, -0.2) is 66.9 Å². The van der Waals surface area contributed by atoms with Gasteiger partial charge in [-0.05, 0) is 61.6 Å². The SMILES string of the molecule is CC(C)(C)OC(=O)N1CCc2cc(N3CCN(C(=O)OCc4ccccc4)CC3)ccc2C1COCc1ccccc1. The van der Waals surface area contributed by atoms with Crippen LogP contribution in [0.25, 0.3) is 0 Å². The molecule has 8 heteroatoms. The summed E-state index contributed by atoms with van der Waals surface area (Å²) in [6.07, 6.45) is 0.147. The average molecular weight is 572 g/mol. The summed E-state index contributed by atoms with van der Waals surface area (Å²) < 4.78 is 17.4. The minimum absolute atomic E-state index is 0.238. The standard InChI is InChI=1S/C34H41N3O5/c1-34(2,3)42-33(39)37-17-16-28-22-29(14-15-30(28)31(37)25-40-23-26-10-6-4-7-11-26)35-18-20-36(21-19-35)32(38)41-24-27-12-8-5-9-13-27/h4-15,22,31H,16-21,23-25H2,1-3H3. The fraction of sp³-hybridized carbons (Fsp3) is 0.412. The number of carbonyl (C=O) groups excluding carboxylic acids is 2. The van der Waals surface area contributed by atoms with E-state index in [4.69, 9.17) is 14.2 Å². The quantitative estimate of drug-likeness (QED) is 0.337. The van der Waals surface area contributed by atoms with Crippen molar-refractivity contribution in [1.82, 2.24) is 9.80 Å². The molecule has 0 N–H and O–H groups in total. The van der Waals surface area contributed by atoms with Gasteiger partial charge in [0.1, 0.15) is 12.2 Å². The highest BCUT2D eigenvalue weighted by Crippen LogP contribution is 2.34. The molecule has 5 rings (SSSR count). The Morgan fingerprint density at radius 1 is 0.786 bits per heavy atom. The number of ether oxygens (including phenoxy) is 3. The highest BCUT2D eigenvalue weighted by molar-refractivity contribution is 5.70. The Balaban J connectivity index is 1.23. The lowest BCUT2D eigenvalue weighted by Crippen LogP contribution is -2.49. The van der Waals surface area contributed by atoms with Gasteiger partial charge in [0.15, 0.2) is 0 Å². The first-order chi connectivity index (χ1) is 20.3. The Hall–Kier alpha value is -4.04. The molecule has 8 nitrogen and oxygen atoms in total. The van der Waals surface area contributed by atoms with E-state index in [9.17, 15) is 9.59 Å². The van der Waals surface area contributed by atoms with Crippen LogP contribution in [0.15, 0.2) is 78.9 Å². The van der Waals surface area contributed by atoms with Crippen molar-refractivity contribution < 1.29 is 23.8 Å². The number of amides is 2. The summed E-state index contributed by atoms with van der Waals surface area (Å²) in [6.45, 7) is 10.0. The Morgan fingerprint density at radius 2 is 1.43 bits per heavy atom. The zero-order valence-electron chi connectivity index (χ0n) is 24.8. The van der Waals surface area contributed by atoms with E-state index in [1.807, 2.05) is 81.4 Å². The van der Waals surface area contributed by atoms with Crippen molar-refractivity contribution in [3.05, 3.63) is 101 Å². The second-order valence-corrected chi connectivity index (χ2v) is 11.8. The first-order valence-corrected chi connectivity index (χ1v) is 14.7. The summed E-state index contributed by atoms with van der Waals surface area (Å²) in [6, 6.07) is 26.0. The van der Waals surface area contributed by atoms with E-state index in [1.165, 1.54) is 5.56 Å². The van der Waals surface area contributed by atoms with Crippen LogP contribution in [-0.2, 0) is 33.8 Å². The molecule has 2 amide bonds. The molecule has 1 fully saturated rings. The first kappa shape index (κ1) is 29.5. The van der Waals surface area contributed by atoms with Crippen LogP contribution in [0, 0.1) is 0 Å². The van der Waals surface area contributed by atoms with E-state index < -0.39 is 5.60 Å². The van der Waals surface area contributed by atoms with Crippen molar-refractivity contribution >= 4 is 17.9 Å². The van der Waals surface area contributed by atoms with E-state index >= 15 is 0 Å². The molecule has 0 bridgehead atoms. The zero-order valence-corrected chi connectivity index (χ0v) is 24.8. The lowest BCUT2D eigenvalue weighted by atomic mass is 9.92. The predicted molar refractivity (Wildman–Crippen MR) is 162 cm³/mol. The van der Waals surface area contributed by atoms with Gasteiger partial charge in [-0.3, -0.25) is 4.90 Å². The zero-order chi connectivity index (χ0) is 29.5. The van der Waals surface area contributed by atoms with Gasteiger partial charge in [0, 0.05) is 38.4 Å². The van der Waals surface area contributed by atoms with Crippen LogP contribution in [0.4, 0.5) is 15.3 Å². The number of anilines is 1. The van der Waals surface area contributed by atoms with Crippen LogP contribution in [0.2, 0.25) is 0 Å². The maximum atomic E-state index is 13.2. The maximum Gasteiger partial charge on any atom is 0.410 e. The van der Waals surface area contributed by atoms with Gasteiger partial charge in [0.2, 0.25) is 0 Å². The molecule has 1 atom stereocenters. The van der Waals surface area contributed by atoms with Gasteiger partial charge in [0.05, 0.1) is 19.3 Å². The molecule has 0 radical (unpaired) electrons. The fourth-order valence-electron chi connectivity index (χ4n) is 5.43. The van der Waals surface area contributed by atoms with E-state index in [-0.39, 0.29) is 24.8 Å². The second-order valence-electron chi connectivity index (χ2n) is 11.8. The number of rotatable bonds is 7. The molecule has 3 aromatic rings. The second kappa shape index (κ2) is 13.3. The maximum absolute atomic E-state index is 13.2. The summed E-state index contributed by atoms with van der Waals surface area (Å²) in [5, 5.41) is 0. The molecular formula is C34H41N3O5. The smallest absolute Gasteiger partial charge is 0.410 e. The molecular weight excluding hydrogens is 530 g/mol. The fourth-order valence-corrected chi connectivity index (χ4v) is 5.43. The Kier molecular flexibility index (Phi) is 9.32. The number of nitrogens with zero attached hydrogens (tertiary/aromatic N) is 3. The molecule has 2 aliphatic rings. The van der Waals surface area contributed by atoms with Gasteiger partial charge in [-0.1, -0.05) is 66.7 Å². The molecule has 0 saturated carbocycles. The summed E-state index contributed by atoms with van der Waals surface area (Å²) in [5.74, 6) is 0. The van der Waals surface area contributed by atoms with Crippen molar-refractivity contribution in [2.24, 2.45) is 0 Å². The van der Waals surface area contributed by atoms with Gasteiger partial charge in [-0.15, -0.1) is 0 Å². The van der Waals surface area contributed by atoms with Gasteiger partial charge in [0.25, 0.3) is 0 Å². The molecule has 3 aromatic carbocycles. The van der Waals surface area contributed by atoms with Crippen molar-refractivity contribution in [2.75, 3.05) is 44.2 Å². The highest BCUT2D eigenvalue weighted by Gasteiger charge is 2.34. The van der Waals surface area contributed by atoms with Crippen LogP contribution in [0.3, 0.4) is 0 Å². The summed E-state index contributed by atoms with van der Waals surface area (Å²) in [5.41, 5.74) is 4.92. The summed E-state index contributed by atoms with van der Waals surface area (Å²) in [7, 11) is 0. The number of carbonyl (C=O) groups is 2. The Labute approximate surface area is 248 Å². The normalized spacial score (nSPS) is 17.0. The lowest BCUT2D eigenvalue weighted by Gasteiger charge is -2.39. The summed E-state index contributed by atoms with van der Waals surface area (Å²) in [4.78, 5) is 31.7. The minimum atomic E-state index is -0.577. The van der Waals surface area contributed by atoms with Crippen molar-refractivity contribution in [1.29, 1.82) is 0 Å². The van der Waals surface area contributed by atoms with Gasteiger partial charge in [-0.2, -0.15) is 0 Å². The molecule has 0 aromatic heterocycles. The number of benzene rings is 3. The Morgan fingerprint density at radius 3 is 2.07 bits per heavy atom. The van der Waals surface area contributed by atoms with Gasteiger partial charge in [-0.25, -0.2) is 9.59 Å². The van der Waals surface area contributed by atoms with E-state index in [0.717, 1.165) is 41.9 Å². The molecule has 2 aliphatic heterocycles. The van der Waals surface area contributed by atoms with E-state index in [0.29, 0.717) is 32.8 Å². The first-order valence-electron chi connectivity index (χ1n) is 14.7. The number of fused-ring (bicyclic) bond motifs is 1. The Bertz CT molecular complexity index is 1330. The molecule has 0 spiro atoms. The third kappa shape index (κ3) is 7.62. The number of hydrogen-bond donors (Lipinski definition) is 0. The van der Waals surface area contributed by atoms with Crippen molar-refractivity contribution in [3.8, 4) is 0 Å². The molecule has 2 heterocycles. The third-order valence-corrected chi connectivity index (χ3v) is 7.61. The molecule has 42 heavy (non-hydrogen) atoms. The highest BCUT2D eigenvalue weighted by atomic mass is 16.6. The lowest BCUT2D eigenvalue weighted by molar-refractivity contribution is -0.00410. The monoisotopic (exact) mass is 571 g/mol. The molecule has 1 saturated heterocycles. The minimum Gasteiger partial charge on any atom is -0.445 e. The predicted octanol–water partition coefficient (Wildman–Crippen LogP) is 6.20. The topological polar surface area (TPSA) is 71.6 Å². The van der Waals surface area contributed by atoms with Crippen LogP contribution < -0.4 is 4.90 Å². The molecule has 222 valence electrons. The largest absolute Gasteiger partial charge is 0.445 e. The summed E-state index contributed by atoms with van der Waals surface area (Å²) >= 11 is 0. The number of piperazine rings is 1. The molecule has 0 aliphatic carbocycles. The van der Waals surface area contributed by atoms with Crippen LogP contribution in [0.5, 0.6) is 0 Å².